The maximum absolute atomic E-state index is 12.8. The summed E-state index contributed by atoms with van der Waals surface area (Å²) in [5.74, 6) is -0.0451. The third kappa shape index (κ3) is 2.39. The van der Waals surface area contributed by atoms with Gasteiger partial charge in [0.25, 0.3) is 5.91 Å². The van der Waals surface area contributed by atoms with Gasteiger partial charge < -0.3 is 10.4 Å². The van der Waals surface area contributed by atoms with Crippen LogP contribution in [-0.2, 0) is 4.79 Å². The van der Waals surface area contributed by atoms with Gasteiger partial charge in [-0.3, -0.25) is 9.69 Å². The van der Waals surface area contributed by atoms with Crippen LogP contribution >= 0.6 is 0 Å². The number of aliphatic hydroxyl groups excluding tert-OH is 1. The van der Waals surface area contributed by atoms with Gasteiger partial charge in [0.2, 0.25) is 0 Å². The van der Waals surface area contributed by atoms with Gasteiger partial charge in [0, 0.05) is 0 Å². The van der Waals surface area contributed by atoms with Crippen molar-refractivity contribution in [2.75, 3.05) is 6.54 Å². The van der Waals surface area contributed by atoms with Crippen LogP contribution in [0.4, 0.5) is 4.79 Å². The molecule has 1 spiro atoms. The largest absolute Gasteiger partial charge is 0.387 e. The van der Waals surface area contributed by atoms with Gasteiger partial charge in [0.15, 0.2) is 0 Å². The highest BCUT2D eigenvalue weighted by atomic mass is 16.3. The number of hydrogen-bond donors (Lipinski definition) is 2. The van der Waals surface area contributed by atoms with E-state index in [0.29, 0.717) is 12.0 Å². The lowest BCUT2D eigenvalue weighted by atomic mass is 9.73. The molecule has 1 aromatic carbocycles. The van der Waals surface area contributed by atoms with Crippen LogP contribution in [0.2, 0.25) is 0 Å². The zero-order valence-electron chi connectivity index (χ0n) is 12.8. The average molecular weight is 302 g/mol. The molecule has 1 aliphatic carbocycles. The lowest BCUT2D eigenvalue weighted by molar-refractivity contribution is -0.135. The molecule has 5 nitrogen and oxygen atoms in total. The fraction of sp³-hybridized carbons (Fsp3) is 0.529. The summed E-state index contributed by atoms with van der Waals surface area (Å²) >= 11 is 0. The van der Waals surface area contributed by atoms with Gasteiger partial charge in [-0.1, -0.05) is 50.1 Å². The summed E-state index contributed by atoms with van der Waals surface area (Å²) in [5.41, 5.74) is -0.0492. The van der Waals surface area contributed by atoms with Gasteiger partial charge in [-0.05, 0) is 24.3 Å². The molecule has 1 saturated heterocycles. The molecular formula is C17H22N2O3. The van der Waals surface area contributed by atoms with Gasteiger partial charge in [-0.25, -0.2) is 4.79 Å². The number of carbonyl (C=O) groups is 2. The predicted octanol–water partition coefficient (Wildman–Crippen LogP) is 2.22. The van der Waals surface area contributed by atoms with Gasteiger partial charge in [0.05, 0.1) is 12.6 Å². The molecule has 0 aromatic heterocycles. The Balaban J connectivity index is 1.77. The van der Waals surface area contributed by atoms with E-state index in [-0.39, 0.29) is 24.4 Å². The summed E-state index contributed by atoms with van der Waals surface area (Å²) in [7, 11) is 0. The van der Waals surface area contributed by atoms with Crippen LogP contribution in [0.1, 0.15) is 44.3 Å². The second kappa shape index (κ2) is 5.72. The minimum absolute atomic E-state index is 0.00312. The number of hydrogen-bond acceptors (Lipinski definition) is 3. The third-order valence-corrected chi connectivity index (χ3v) is 5.04. The van der Waals surface area contributed by atoms with Crippen molar-refractivity contribution in [3.63, 3.8) is 0 Å². The van der Waals surface area contributed by atoms with Gasteiger partial charge in [-0.15, -0.1) is 0 Å². The first-order valence-corrected chi connectivity index (χ1v) is 7.92. The van der Waals surface area contributed by atoms with E-state index in [2.05, 4.69) is 5.32 Å². The second-order valence-electron chi connectivity index (χ2n) is 6.39. The number of urea groups is 1. The van der Waals surface area contributed by atoms with Gasteiger partial charge in [0.1, 0.15) is 5.54 Å². The zero-order valence-corrected chi connectivity index (χ0v) is 12.8. The molecule has 2 fully saturated rings. The van der Waals surface area contributed by atoms with E-state index < -0.39 is 11.6 Å². The number of nitrogens with one attached hydrogen (secondary N) is 1. The molecule has 0 unspecified atom stereocenters. The number of nitrogens with zero attached hydrogens (tertiary/aromatic N) is 1. The van der Waals surface area contributed by atoms with Gasteiger partial charge >= 0.3 is 6.03 Å². The molecular weight excluding hydrogens is 280 g/mol. The molecule has 0 radical (unpaired) electrons. The van der Waals surface area contributed by atoms with Crippen LogP contribution in [0.5, 0.6) is 0 Å². The molecule has 1 heterocycles. The number of aliphatic hydroxyl groups is 1. The standard InChI is InChI=1S/C17H22N2O3/c1-12-7-5-6-10-17(12)15(21)19(16(22)18-17)11-14(20)13-8-3-2-4-9-13/h2-4,8-9,12,14,20H,5-7,10-11H2,1H3,(H,18,22)/t12-,14+,17-/m1/s1. The first-order chi connectivity index (χ1) is 10.5. The first-order valence-electron chi connectivity index (χ1n) is 7.92. The average Bonchev–Trinajstić information content (AvgIpc) is 2.76. The monoisotopic (exact) mass is 302 g/mol. The highest BCUT2D eigenvalue weighted by Gasteiger charge is 2.55. The van der Waals surface area contributed by atoms with Crippen LogP contribution in [0.15, 0.2) is 30.3 Å². The Labute approximate surface area is 130 Å². The molecule has 1 saturated carbocycles. The number of carbonyl (C=O) groups excluding carboxylic acids is 2. The number of benzene rings is 1. The highest BCUT2D eigenvalue weighted by molar-refractivity contribution is 6.07. The minimum Gasteiger partial charge on any atom is -0.387 e. The summed E-state index contributed by atoms with van der Waals surface area (Å²) in [4.78, 5) is 26.2. The van der Waals surface area contributed by atoms with Crippen LogP contribution in [0.3, 0.4) is 0 Å². The van der Waals surface area contributed by atoms with Crippen molar-refractivity contribution < 1.29 is 14.7 Å². The summed E-state index contributed by atoms with van der Waals surface area (Å²) in [6, 6.07) is 8.73. The number of amides is 3. The van der Waals surface area contributed by atoms with E-state index in [4.69, 9.17) is 0 Å². The van der Waals surface area contributed by atoms with E-state index in [0.717, 1.165) is 19.3 Å². The summed E-state index contributed by atoms with van der Waals surface area (Å²) in [6.45, 7) is 2.03. The molecule has 3 amide bonds. The molecule has 3 rings (SSSR count). The lowest BCUT2D eigenvalue weighted by Crippen LogP contribution is -2.54. The maximum Gasteiger partial charge on any atom is 0.325 e. The summed E-state index contributed by atoms with van der Waals surface area (Å²) < 4.78 is 0. The Morgan fingerprint density at radius 1 is 1.32 bits per heavy atom. The molecule has 0 bridgehead atoms. The Kier molecular flexibility index (Phi) is 3.91. The van der Waals surface area contributed by atoms with E-state index in [1.807, 2.05) is 25.1 Å². The Bertz CT molecular complexity index is 575. The fourth-order valence-corrected chi connectivity index (χ4v) is 3.61. The second-order valence-corrected chi connectivity index (χ2v) is 6.39. The number of β-amino-alcohol motifs (C(OH)–C–C–N with tert-alkyl or cyclic N) is 1. The van der Waals surface area contributed by atoms with Crippen molar-refractivity contribution in [2.45, 2.75) is 44.2 Å². The summed E-state index contributed by atoms with van der Waals surface area (Å²) in [6.07, 6.45) is 2.83. The van der Waals surface area contributed by atoms with Crippen LogP contribution in [-0.4, -0.2) is 34.0 Å². The van der Waals surface area contributed by atoms with Crippen molar-refractivity contribution in [1.29, 1.82) is 0 Å². The Morgan fingerprint density at radius 3 is 2.73 bits per heavy atom. The van der Waals surface area contributed by atoms with Crippen LogP contribution < -0.4 is 5.32 Å². The molecule has 1 aromatic rings. The van der Waals surface area contributed by atoms with E-state index >= 15 is 0 Å². The number of rotatable bonds is 3. The Hall–Kier alpha value is -1.88. The summed E-state index contributed by atoms with van der Waals surface area (Å²) in [5, 5.41) is 13.2. The quantitative estimate of drug-likeness (QED) is 0.841. The Morgan fingerprint density at radius 2 is 2.05 bits per heavy atom. The van der Waals surface area contributed by atoms with E-state index in [9.17, 15) is 14.7 Å². The van der Waals surface area contributed by atoms with Crippen molar-refractivity contribution in [2.24, 2.45) is 5.92 Å². The van der Waals surface area contributed by atoms with Crippen LogP contribution in [0, 0.1) is 5.92 Å². The lowest BCUT2D eigenvalue weighted by Gasteiger charge is -2.36. The molecule has 22 heavy (non-hydrogen) atoms. The molecule has 2 aliphatic rings. The molecule has 3 atom stereocenters. The molecule has 1 aliphatic heterocycles. The molecule has 5 heteroatoms. The third-order valence-electron chi connectivity index (χ3n) is 5.04. The molecule has 118 valence electrons. The first kappa shape index (κ1) is 15.0. The van der Waals surface area contributed by atoms with Crippen molar-refractivity contribution in [1.82, 2.24) is 10.2 Å². The SMILES string of the molecule is C[C@@H]1CCCC[C@@]12NC(=O)N(C[C@H](O)c1ccccc1)C2=O. The van der Waals surface area contributed by atoms with Crippen molar-refractivity contribution in [3.05, 3.63) is 35.9 Å². The highest BCUT2D eigenvalue weighted by Crippen LogP contribution is 2.38. The maximum atomic E-state index is 12.8. The van der Waals surface area contributed by atoms with Crippen molar-refractivity contribution >= 4 is 11.9 Å². The molecule has 2 N–H and O–H groups in total. The van der Waals surface area contributed by atoms with E-state index in [1.54, 1.807) is 12.1 Å². The van der Waals surface area contributed by atoms with Crippen molar-refractivity contribution in [3.8, 4) is 0 Å². The topological polar surface area (TPSA) is 69.6 Å². The normalized spacial score (nSPS) is 29.7. The smallest absolute Gasteiger partial charge is 0.325 e. The van der Waals surface area contributed by atoms with E-state index in [1.165, 1.54) is 4.90 Å². The zero-order chi connectivity index (χ0) is 15.7. The number of imide groups is 1. The fourth-order valence-electron chi connectivity index (χ4n) is 3.61. The predicted molar refractivity (Wildman–Crippen MR) is 82.0 cm³/mol. The van der Waals surface area contributed by atoms with Crippen LogP contribution in [0.25, 0.3) is 0 Å². The van der Waals surface area contributed by atoms with Gasteiger partial charge in [-0.2, -0.15) is 0 Å². The minimum atomic E-state index is -0.857.